The molecule has 1 saturated heterocycles. The second-order valence-corrected chi connectivity index (χ2v) is 5.76. The van der Waals surface area contributed by atoms with Crippen molar-refractivity contribution in [2.24, 2.45) is 5.92 Å². The molecule has 1 aliphatic heterocycles. The molecule has 100 valence electrons. The first-order valence-corrected chi connectivity index (χ1v) is 7.19. The topological polar surface area (TPSA) is 15.3 Å². The minimum atomic E-state index is 0.605. The summed E-state index contributed by atoms with van der Waals surface area (Å²) in [6, 6.07) is 10.00. The van der Waals surface area contributed by atoms with Crippen LogP contribution in [0.1, 0.15) is 32.8 Å². The van der Waals surface area contributed by atoms with Gasteiger partial charge < -0.3 is 10.2 Å². The molecule has 1 fully saturated rings. The van der Waals surface area contributed by atoms with Crippen LogP contribution in [0.25, 0.3) is 0 Å². The molecule has 0 aromatic heterocycles. The van der Waals surface area contributed by atoms with Gasteiger partial charge in [-0.25, -0.2) is 0 Å². The zero-order valence-corrected chi connectivity index (χ0v) is 12.1. The van der Waals surface area contributed by atoms with Gasteiger partial charge in [-0.1, -0.05) is 39.0 Å². The highest BCUT2D eigenvalue weighted by molar-refractivity contribution is 5.54. The van der Waals surface area contributed by atoms with Crippen LogP contribution in [0.3, 0.4) is 0 Å². The Labute approximate surface area is 111 Å². The highest BCUT2D eigenvalue weighted by Crippen LogP contribution is 2.27. The van der Waals surface area contributed by atoms with Gasteiger partial charge in [-0.05, 0) is 30.9 Å². The summed E-state index contributed by atoms with van der Waals surface area (Å²) in [5.74, 6) is 0.676. The number of rotatable bonds is 3. The van der Waals surface area contributed by atoms with E-state index in [-0.39, 0.29) is 0 Å². The van der Waals surface area contributed by atoms with Crippen molar-refractivity contribution in [3.05, 3.63) is 29.8 Å². The Kier molecular flexibility index (Phi) is 4.28. The van der Waals surface area contributed by atoms with Crippen LogP contribution < -0.4 is 10.2 Å². The van der Waals surface area contributed by atoms with E-state index in [1.54, 1.807) is 0 Å². The van der Waals surface area contributed by atoms with Gasteiger partial charge in [0.1, 0.15) is 0 Å². The summed E-state index contributed by atoms with van der Waals surface area (Å²) in [5, 5.41) is 3.68. The summed E-state index contributed by atoms with van der Waals surface area (Å²) in [6.45, 7) is 11.4. The summed E-state index contributed by atoms with van der Waals surface area (Å²) < 4.78 is 0. The number of nitrogens with one attached hydrogen (secondary N) is 1. The number of anilines is 1. The predicted octanol–water partition coefficient (Wildman–Crippen LogP) is 3.21. The molecule has 0 amide bonds. The fourth-order valence-electron chi connectivity index (χ4n) is 2.87. The van der Waals surface area contributed by atoms with Crippen molar-refractivity contribution in [1.82, 2.24) is 5.32 Å². The van der Waals surface area contributed by atoms with Crippen LogP contribution in [-0.4, -0.2) is 25.2 Å². The highest BCUT2D eigenvalue weighted by Gasteiger charge is 2.29. The van der Waals surface area contributed by atoms with Crippen molar-refractivity contribution < 1.29 is 0 Å². The molecule has 2 atom stereocenters. The number of hydrogen-bond donors (Lipinski definition) is 1. The quantitative estimate of drug-likeness (QED) is 0.881. The Morgan fingerprint density at radius 2 is 2.06 bits per heavy atom. The maximum Gasteiger partial charge on any atom is 0.0438 e. The van der Waals surface area contributed by atoms with Crippen molar-refractivity contribution in [3.8, 4) is 0 Å². The van der Waals surface area contributed by atoms with E-state index in [2.05, 4.69) is 62.2 Å². The standard InChI is InChI=1S/C16H26N2/c1-5-14-11-18(16(10-17-14)12(2)3)15-9-7-6-8-13(15)4/h6-9,12,14,16-17H,5,10-11H2,1-4H3. The molecule has 2 unspecified atom stereocenters. The lowest BCUT2D eigenvalue weighted by Crippen LogP contribution is -2.58. The maximum absolute atomic E-state index is 3.68. The number of piperazine rings is 1. The Morgan fingerprint density at radius 3 is 2.67 bits per heavy atom. The summed E-state index contributed by atoms with van der Waals surface area (Å²) in [7, 11) is 0. The number of aryl methyl sites for hydroxylation is 1. The van der Waals surface area contributed by atoms with E-state index in [1.807, 2.05) is 0 Å². The van der Waals surface area contributed by atoms with E-state index < -0.39 is 0 Å². The van der Waals surface area contributed by atoms with Gasteiger partial charge in [-0.2, -0.15) is 0 Å². The first-order valence-electron chi connectivity index (χ1n) is 7.19. The number of para-hydroxylation sites is 1. The fourth-order valence-corrected chi connectivity index (χ4v) is 2.87. The van der Waals surface area contributed by atoms with Crippen LogP contribution in [0, 0.1) is 12.8 Å². The Balaban J connectivity index is 2.27. The summed E-state index contributed by atoms with van der Waals surface area (Å²) in [5.41, 5.74) is 2.80. The van der Waals surface area contributed by atoms with E-state index in [4.69, 9.17) is 0 Å². The van der Waals surface area contributed by atoms with Crippen LogP contribution in [0.4, 0.5) is 5.69 Å². The summed E-state index contributed by atoms with van der Waals surface area (Å²) in [4.78, 5) is 2.62. The average Bonchev–Trinajstić information content (AvgIpc) is 2.38. The lowest BCUT2D eigenvalue weighted by molar-refractivity contribution is 0.333. The number of hydrogen-bond acceptors (Lipinski definition) is 2. The van der Waals surface area contributed by atoms with Crippen LogP contribution in [0.15, 0.2) is 24.3 Å². The lowest BCUT2D eigenvalue weighted by Gasteiger charge is -2.44. The van der Waals surface area contributed by atoms with Gasteiger partial charge in [-0.15, -0.1) is 0 Å². The van der Waals surface area contributed by atoms with Crippen molar-refractivity contribution in [2.45, 2.75) is 46.2 Å². The smallest absolute Gasteiger partial charge is 0.0438 e. The average molecular weight is 246 g/mol. The van der Waals surface area contributed by atoms with Crippen molar-refractivity contribution in [2.75, 3.05) is 18.0 Å². The second-order valence-electron chi connectivity index (χ2n) is 5.76. The summed E-state index contributed by atoms with van der Waals surface area (Å²) in [6.07, 6.45) is 1.20. The van der Waals surface area contributed by atoms with E-state index in [9.17, 15) is 0 Å². The van der Waals surface area contributed by atoms with E-state index in [0.29, 0.717) is 18.0 Å². The molecule has 0 bridgehead atoms. The largest absolute Gasteiger partial charge is 0.365 e. The highest BCUT2D eigenvalue weighted by atomic mass is 15.2. The maximum atomic E-state index is 3.68. The van der Waals surface area contributed by atoms with Gasteiger partial charge in [0.05, 0.1) is 0 Å². The first-order chi connectivity index (χ1) is 8.63. The molecule has 2 rings (SSSR count). The van der Waals surface area contributed by atoms with Crippen LogP contribution in [-0.2, 0) is 0 Å². The SMILES string of the molecule is CCC1CN(c2ccccc2C)C(C(C)C)CN1. The van der Waals surface area contributed by atoms with Gasteiger partial charge in [0, 0.05) is 30.9 Å². The third kappa shape index (κ3) is 2.69. The normalized spacial score (nSPS) is 24.6. The third-order valence-corrected chi connectivity index (χ3v) is 4.12. The monoisotopic (exact) mass is 246 g/mol. The molecule has 2 nitrogen and oxygen atoms in total. The molecule has 1 aromatic rings. The molecule has 0 aliphatic carbocycles. The molecular formula is C16H26N2. The second kappa shape index (κ2) is 5.75. The van der Waals surface area contributed by atoms with E-state index >= 15 is 0 Å². The molecule has 1 aromatic carbocycles. The van der Waals surface area contributed by atoms with Crippen LogP contribution in [0.2, 0.25) is 0 Å². The molecular weight excluding hydrogens is 220 g/mol. The Morgan fingerprint density at radius 1 is 1.33 bits per heavy atom. The fraction of sp³-hybridized carbons (Fsp3) is 0.625. The van der Waals surface area contributed by atoms with E-state index in [1.165, 1.54) is 17.7 Å². The lowest BCUT2D eigenvalue weighted by atomic mass is 9.96. The van der Waals surface area contributed by atoms with Gasteiger partial charge in [-0.3, -0.25) is 0 Å². The molecule has 0 radical (unpaired) electrons. The molecule has 0 saturated carbocycles. The Bertz CT molecular complexity index is 386. The first kappa shape index (κ1) is 13.4. The molecule has 18 heavy (non-hydrogen) atoms. The Hall–Kier alpha value is -1.02. The van der Waals surface area contributed by atoms with Crippen molar-refractivity contribution in [3.63, 3.8) is 0 Å². The van der Waals surface area contributed by atoms with Crippen LogP contribution >= 0.6 is 0 Å². The van der Waals surface area contributed by atoms with E-state index in [0.717, 1.165) is 13.1 Å². The van der Waals surface area contributed by atoms with Crippen molar-refractivity contribution >= 4 is 5.69 Å². The molecule has 1 heterocycles. The molecule has 1 N–H and O–H groups in total. The van der Waals surface area contributed by atoms with Gasteiger partial charge >= 0.3 is 0 Å². The van der Waals surface area contributed by atoms with Gasteiger partial charge in [0.25, 0.3) is 0 Å². The van der Waals surface area contributed by atoms with Crippen molar-refractivity contribution in [1.29, 1.82) is 0 Å². The van der Waals surface area contributed by atoms with Crippen LogP contribution in [0.5, 0.6) is 0 Å². The number of benzene rings is 1. The zero-order valence-electron chi connectivity index (χ0n) is 12.1. The number of nitrogens with zero attached hydrogens (tertiary/aromatic N) is 1. The summed E-state index contributed by atoms with van der Waals surface area (Å²) >= 11 is 0. The minimum absolute atomic E-state index is 0.605. The molecule has 0 spiro atoms. The third-order valence-electron chi connectivity index (χ3n) is 4.12. The predicted molar refractivity (Wildman–Crippen MR) is 79.2 cm³/mol. The minimum Gasteiger partial charge on any atom is -0.365 e. The molecule has 1 aliphatic rings. The van der Waals surface area contributed by atoms with Gasteiger partial charge in [0.2, 0.25) is 0 Å². The molecule has 2 heteroatoms. The zero-order chi connectivity index (χ0) is 13.1. The van der Waals surface area contributed by atoms with Gasteiger partial charge in [0.15, 0.2) is 0 Å².